The van der Waals surface area contributed by atoms with Gasteiger partial charge in [0.2, 0.25) is 0 Å². The smallest absolute Gasteiger partial charge is 0.315 e. The van der Waals surface area contributed by atoms with Gasteiger partial charge in [-0.2, -0.15) is 0 Å². The molecule has 52 valence electrons. The standard InChI is InChI=1S/C5H10N2O2/c1-9-3-4-2-6-5(8)7-4/h4H,2-3H2,1H3,(H2,6,7,8). The number of carbonyl (C=O) groups is 1. The second-order valence-corrected chi connectivity index (χ2v) is 2.01. The molecule has 0 saturated carbocycles. The molecule has 0 aromatic carbocycles. The monoisotopic (exact) mass is 130 g/mol. The van der Waals surface area contributed by atoms with Crippen LogP contribution >= 0.6 is 0 Å². The van der Waals surface area contributed by atoms with Gasteiger partial charge in [-0.1, -0.05) is 0 Å². The minimum Gasteiger partial charge on any atom is -0.382 e. The minimum absolute atomic E-state index is 0.1000. The van der Waals surface area contributed by atoms with E-state index in [-0.39, 0.29) is 12.1 Å². The fraction of sp³-hybridized carbons (Fsp3) is 0.800. The summed E-state index contributed by atoms with van der Waals surface area (Å²) in [5.41, 5.74) is 0. The van der Waals surface area contributed by atoms with E-state index in [9.17, 15) is 4.79 Å². The first-order valence-electron chi connectivity index (χ1n) is 2.86. The molecular weight excluding hydrogens is 120 g/mol. The van der Waals surface area contributed by atoms with Gasteiger partial charge in [-0.15, -0.1) is 0 Å². The molecule has 1 saturated heterocycles. The highest BCUT2D eigenvalue weighted by atomic mass is 16.5. The van der Waals surface area contributed by atoms with Gasteiger partial charge in [-0.05, 0) is 0 Å². The molecule has 1 atom stereocenters. The van der Waals surface area contributed by atoms with Crippen molar-refractivity contribution in [3.8, 4) is 0 Å². The van der Waals surface area contributed by atoms with Gasteiger partial charge in [-0.3, -0.25) is 0 Å². The fourth-order valence-electron chi connectivity index (χ4n) is 0.805. The molecule has 0 aromatic rings. The van der Waals surface area contributed by atoms with Gasteiger partial charge >= 0.3 is 6.03 Å². The molecule has 1 unspecified atom stereocenters. The number of methoxy groups -OCH3 is 1. The minimum atomic E-state index is -0.1000. The first-order chi connectivity index (χ1) is 4.33. The summed E-state index contributed by atoms with van der Waals surface area (Å²) in [5.74, 6) is 0. The van der Waals surface area contributed by atoms with Gasteiger partial charge in [0.05, 0.1) is 12.6 Å². The summed E-state index contributed by atoms with van der Waals surface area (Å²) in [6.45, 7) is 1.26. The molecule has 0 radical (unpaired) electrons. The van der Waals surface area contributed by atoms with E-state index in [0.717, 1.165) is 0 Å². The average Bonchev–Trinajstić information content (AvgIpc) is 2.17. The van der Waals surface area contributed by atoms with Crippen LogP contribution in [0.3, 0.4) is 0 Å². The number of hydrogen-bond donors (Lipinski definition) is 2. The number of nitrogens with one attached hydrogen (secondary N) is 2. The first kappa shape index (κ1) is 6.35. The summed E-state index contributed by atoms with van der Waals surface area (Å²) in [4.78, 5) is 10.5. The van der Waals surface area contributed by atoms with Crippen LogP contribution < -0.4 is 10.6 Å². The van der Waals surface area contributed by atoms with Crippen molar-refractivity contribution in [2.24, 2.45) is 0 Å². The van der Waals surface area contributed by atoms with Crippen molar-refractivity contribution in [3.63, 3.8) is 0 Å². The maximum absolute atomic E-state index is 10.5. The molecule has 4 heteroatoms. The van der Waals surface area contributed by atoms with Crippen LogP contribution in [0, 0.1) is 0 Å². The SMILES string of the molecule is COCC1CNC(=O)N1. The van der Waals surface area contributed by atoms with E-state index in [2.05, 4.69) is 10.6 Å². The zero-order valence-corrected chi connectivity index (χ0v) is 5.31. The highest BCUT2D eigenvalue weighted by Crippen LogP contribution is 1.89. The third kappa shape index (κ3) is 1.57. The molecule has 0 spiro atoms. The number of amides is 2. The Kier molecular flexibility index (Phi) is 1.89. The largest absolute Gasteiger partial charge is 0.382 e. The molecule has 1 aliphatic rings. The Morgan fingerprint density at radius 2 is 2.67 bits per heavy atom. The van der Waals surface area contributed by atoms with Gasteiger partial charge in [0.1, 0.15) is 0 Å². The second kappa shape index (κ2) is 2.68. The second-order valence-electron chi connectivity index (χ2n) is 2.01. The molecule has 1 fully saturated rings. The van der Waals surface area contributed by atoms with E-state index in [4.69, 9.17) is 4.74 Å². The molecule has 0 bridgehead atoms. The van der Waals surface area contributed by atoms with Gasteiger partial charge in [0.15, 0.2) is 0 Å². The molecular formula is C5H10N2O2. The number of urea groups is 1. The molecule has 4 nitrogen and oxygen atoms in total. The molecule has 1 heterocycles. The summed E-state index contributed by atoms with van der Waals surface area (Å²) < 4.78 is 4.82. The van der Waals surface area contributed by atoms with Crippen LogP contribution in [0.1, 0.15) is 0 Å². The lowest BCUT2D eigenvalue weighted by Crippen LogP contribution is -2.30. The van der Waals surface area contributed by atoms with E-state index < -0.39 is 0 Å². The van der Waals surface area contributed by atoms with Crippen molar-refractivity contribution in [1.29, 1.82) is 0 Å². The summed E-state index contributed by atoms with van der Waals surface area (Å²) in [6, 6.07) is 0.0551. The van der Waals surface area contributed by atoms with E-state index >= 15 is 0 Å². The highest BCUT2D eigenvalue weighted by molar-refractivity contribution is 5.76. The fourth-order valence-corrected chi connectivity index (χ4v) is 0.805. The van der Waals surface area contributed by atoms with Crippen LogP contribution in [-0.2, 0) is 4.74 Å². The molecule has 9 heavy (non-hydrogen) atoms. The Morgan fingerprint density at radius 3 is 3.11 bits per heavy atom. The quantitative estimate of drug-likeness (QED) is 0.520. The van der Waals surface area contributed by atoms with Crippen LogP contribution in [0.15, 0.2) is 0 Å². The summed E-state index contributed by atoms with van der Waals surface area (Å²) in [7, 11) is 1.62. The van der Waals surface area contributed by atoms with Crippen molar-refractivity contribution < 1.29 is 9.53 Å². The van der Waals surface area contributed by atoms with Crippen molar-refractivity contribution >= 4 is 6.03 Å². The summed E-state index contributed by atoms with van der Waals surface area (Å²) >= 11 is 0. The summed E-state index contributed by atoms with van der Waals surface area (Å²) in [5, 5.41) is 5.30. The molecule has 0 aliphatic carbocycles. The maximum atomic E-state index is 10.5. The van der Waals surface area contributed by atoms with Gasteiger partial charge in [0, 0.05) is 13.7 Å². The molecule has 1 rings (SSSR count). The third-order valence-corrected chi connectivity index (χ3v) is 1.21. The molecule has 0 aromatic heterocycles. The van der Waals surface area contributed by atoms with E-state index in [1.807, 2.05) is 0 Å². The summed E-state index contributed by atoms with van der Waals surface area (Å²) in [6.07, 6.45) is 0. The Bertz CT molecular complexity index is 116. The van der Waals surface area contributed by atoms with E-state index in [1.54, 1.807) is 7.11 Å². The maximum Gasteiger partial charge on any atom is 0.315 e. The van der Waals surface area contributed by atoms with Crippen LogP contribution in [-0.4, -0.2) is 32.3 Å². The highest BCUT2D eigenvalue weighted by Gasteiger charge is 2.18. The van der Waals surface area contributed by atoms with Crippen molar-refractivity contribution in [2.45, 2.75) is 6.04 Å². The van der Waals surface area contributed by atoms with E-state index in [1.165, 1.54) is 0 Å². The van der Waals surface area contributed by atoms with Crippen LogP contribution in [0.25, 0.3) is 0 Å². The Morgan fingerprint density at radius 1 is 1.89 bits per heavy atom. The number of rotatable bonds is 2. The van der Waals surface area contributed by atoms with Crippen LogP contribution in [0.2, 0.25) is 0 Å². The first-order valence-corrected chi connectivity index (χ1v) is 2.86. The van der Waals surface area contributed by atoms with Crippen molar-refractivity contribution in [3.05, 3.63) is 0 Å². The topological polar surface area (TPSA) is 50.4 Å². The van der Waals surface area contributed by atoms with Gasteiger partial charge < -0.3 is 15.4 Å². The Labute approximate surface area is 53.6 Å². The lowest BCUT2D eigenvalue weighted by Gasteiger charge is -2.04. The molecule has 2 N–H and O–H groups in total. The zero-order valence-electron chi connectivity index (χ0n) is 5.31. The molecule has 1 aliphatic heterocycles. The average molecular weight is 130 g/mol. The van der Waals surface area contributed by atoms with Gasteiger partial charge in [-0.25, -0.2) is 4.79 Å². The number of hydrogen-bond acceptors (Lipinski definition) is 2. The van der Waals surface area contributed by atoms with Crippen LogP contribution in [0.4, 0.5) is 4.79 Å². The van der Waals surface area contributed by atoms with Crippen molar-refractivity contribution in [1.82, 2.24) is 10.6 Å². The Hall–Kier alpha value is -0.770. The van der Waals surface area contributed by atoms with Crippen molar-refractivity contribution in [2.75, 3.05) is 20.3 Å². The van der Waals surface area contributed by atoms with Gasteiger partial charge in [0.25, 0.3) is 0 Å². The predicted molar refractivity (Wildman–Crippen MR) is 32.2 cm³/mol. The van der Waals surface area contributed by atoms with Crippen LogP contribution in [0.5, 0.6) is 0 Å². The number of carbonyl (C=O) groups excluding carboxylic acids is 1. The number of ether oxygens (including phenoxy) is 1. The lowest BCUT2D eigenvalue weighted by molar-refractivity contribution is 0.177. The van der Waals surface area contributed by atoms with E-state index in [0.29, 0.717) is 13.2 Å². The predicted octanol–water partition coefficient (Wildman–Crippen LogP) is -0.686. The normalized spacial score (nSPS) is 25.4. The Balaban J connectivity index is 2.22. The zero-order chi connectivity index (χ0) is 6.69. The third-order valence-electron chi connectivity index (χ3n) is 1.21. The lowest BCUT2D eigenvalue weighted by atomic mass is 10.3. The molecule has 2 amide bonds.